The van der Waals surface area contributed by atoms with Crippen LogP contribution in [0.1, 0.15) is 55.2 Å². The van der Waals surface area contributed by atoms with Crippen LogP contribution in [0.4, 0.5) is 0 Å². The van der Waals surface area contributed by atoms with Crippen LogP contribution in [-0.2, 0) is 20.7 Å². The summed E-state index contributed by atoms with van der Waals surface area (Å²) in [6, 6.07) is 22.6. The Bertz CT molecular complexity index is 1470. The number of esters is 1. The second-order valence-corrected chi connectivity index (χ2v) is 10.4. The Morgan fingerprint density at radius 3 is 2.41 bits per heavy atom. The van der Waals surface area contributed by atoms with E-state index >= 15 is 0 Å². The molecule has 1 aliphatic heterocycles. The molecule has 2 aliphatic rings. The van der Waals surface area contributed by atoms with E-state index in [-0.39, 0.29) is 24.1 Å². The number of aromatic hydroxyl groups is 1. The Morgan fingerprint density at radius 2 is 1.71 bits per heavy atom. The SMILES string of the molecule is CCOc1cc([C@@H]2C(C(=O)OCCc3ccccc3)=C(C)N=C3C[C@@H](c4ccc(OC)cc4)CC(=O)C32)ccc1O. The minimum Gasteiger partial charge on any atom is -0.504 e. The summed E-state index contributed by atoms with van der Waals surface area (Å²) in [4.78, 5) is 32.4. The van der Waals surface area contributed by atoms with Crippen molar-refractivity contribution in [2.24, 2.45) is 10.9 Å². The quantitative estimate of drug-likeness (QED) is 0.319. The summed E-state index contributed by atoms with van der Waals surface area (Å²) in [5.41, 5.74) is 4.49. The van der Waals surface area contributed by atoms with Crippen LogP contribution in [0.15, 0.2) is 89.1 Å². The van der Waals surface area contributed by atoms with Gasteiger partial charge in [-0.1, -0.05) is 48.5 Å². The summed E-state index contributed by atoms with van der Waals surface area (Å²) in [6.45, 7) is 4.21. The van der Waals surface area contributed by atoms with Gasteiger partial charge in [0, 0.05) is 30.2 Å². The average Bonchev–Trinajstić information content (AvgIpc) is 2.98. The number of methoxy groups -OCH3 is 1. The molecule has 0 aromatic heterocycles. The zero-order valence-electron chi connectivity index (χ0n) is 23.6. The van der Waals surface area contributed by atoms with Gasteiger partial charge in [0.25, 0.3) is 0 Å². The number of carbonyl (C=O) groups excluding carboxylic acids is 2. The number of ketones is 1. The van der Waals surface area contributed by atoms with Gasteiger partial charge in [-0.05, 0) is 67.1 Å². The zero-order valence-corrected chi connectivity index (χ0v) is 23.6. The van der Waals surface area contributed by atoms with Crippen molar-refractivity contribution in [3.05, 3.63) is 101 Å². The first-order chi connectivity index (χ1) is 19.9. The number of benzene rings is 3. The predicted octanol–water partition coefficient (Wildman–Crippen LogP) is 6.16. The molecular formula is C34H35NO6. The minimum absolute atomic E-state index is 0.00234. The number of hydrogen-bond donors (Lipinski definition) is 1. The first-order valence-electron chi connectivity index (χ1n) is 14.0. The van der Waals surface area contributed by atoms with Crippen LogP contribution in [0.5, 0.6) is 17.2 Å². The van der Waals surface area contributed by atoms with E-state index < -0.39 is 17.8 Å². The number of carbonyl (C=O) groups is 2. The van der Waals surface area contributed by atoms with Crippen LogP contribution in [0.3, 0.4) is 0 Å². The minimum atomic E-state index is -0.608. The molecule has 5 rings (SSSR count). The Morgan fingerprint density at radius 1 is 0.976 bits per heavy atom. The maximum absolute atomic E-state index is 13.9. The standard InChI is InChI=1S/C34H35NO6/c1-4-40-30-20-24(12-15-28(30)36)32-31(34(38)41-17-16-22-8-6-5-7-9-22)21(2)35-27-18-25(19-29(37)33(27)32)23-10-13-26(39-3)14-11-23/h5-15,20,25,32-33,36H,4,16-19H2,1-3H3/t25-,32-,33?/m1/s1. The van der Waals surface area contributed by atoms with Gasteiger partial charge < -0.3 is 19.3 Å². The van der Waals surface area contributed by atoms with Gasteiger partial charge in [0.1, 0.15) is 11.5 Å². The zero-order chi connectivity index (χ0) is 28.9. The van der Waals surface area contributed by atoms with Crippen molar-refractivity contribution in [3.63, 3.8) is 0 Å². The van der Waals surface area contributed by atoms with Crippen molar-refractivity contribution in [2.75, 3.05) is 20.3 Å². The molecule has 0 spiro atoms. The number of nitrogens with zero attached hydrogens (tertiary/aromatic N) is 1. The molecular weight excluding hydrogens is 518 g/mol. The van der Waals surface area contributed by atoms with Crippen molar-refractivity contribution in [1.82, 2.24) is 0 Å². The van der Waals surface area contributed by atoms with Crippen molar-refractivity contribution < 1.29 is 28.9 Å². The van der Waals surface area contributed by atoms with E-state index in [1.807, 2.05) is 61.5 Å². The molecule has 0 bridgehead atoms. The monoisotopic (exact) mass is 553 g/mol. The van der Waals surface area contributed by atoms with Crippen LogP contribution in [0.25, 0.3) is 0 Å². The fourth-order valence-electron chi connectivity index (χ4n) is 5.89. The fourth-order valence-corrected chi connectivity index (χ4v) is 5.89. The number of hydrogen-bond acceptors (Lipinski definition) is 7. The molecule has 0 amide bonds. The summed E-state index contributed by atoms with van der Waals surface area (Å²) >= 11 is 0. The summed E-state index contributed by atoms with van der Waals surface area (Å²) in [7, 11) is 1.63. The van der Waals surface area contributed by atoms with Crippen LogP contribution < -0.4 is 9.47 Å². The molecule has 3 atom stereocenters. The third kappa shape index (κ3) is 6.04. The fraction of sp³-hybridized carbons (Fsp3) is 0.324. The largest absolute Gasteiger partial charge is 0.504 e. The summed E-state index contributed by atoms with van der Waals surface area (Å²) < 4.78 is 16.7. The second-order valence-electron chi connectivity index (χ2n) is 10.4. The van der Waals surface area contributed by atoms with Crippen LogP contribution in [0, 0.1) is 5.92 Å². The van der Waals surface area contributed by atoms with E-state index in [2.05, 4.69) is 0 Å². The molecule has 3 aromatic carbocycles. The lowest BCUT2D eigenvalue weighted by Crippen LogP contribution is -2.41. The molecule has 7 nitrogen and oxygen atoms in total. The van der Waals surface area contributed by atoms with Gasteiger partial charge >= 0.3 is 5.97 Å². The molecule has 1 heterocycles. The molecule has 1 saturated carbocycles. The normalized spacial score (nSPS) is 20.2. The third-order valence-corrected chi connectivity index (χ3v) is 7.87. The second kappa shape index (κ2) is 12.4. The highest BCUT2D eigenvalue weighted by Gasteiger charge is 2.46. The van der Waals surface area contributed by atoms with Crippen LogP contribution >= 0.6 is 0 Å². The lowest BCUT2D eigenvalue weighted by Gasteiger charge is -2.38. The summed E-state index contributed by atoms with van der Waals surface area (Å²) in [5.74, 6) is -0.619. The molecule has 7 heteroatoms. The Hall–Kier alpha value is -4.39. The molecule has 212 valence electrons. The van der Waals surface area contributed by atoms with Gasteiger partial charge in [-0.2, -0.15) is 0 Å². The lowest BCUT2D eigenvalue weighted by molar-refractivity contribution is -0.139. The molecule has 0 saturated heterocycles. The molecule has 1 aliphatic carbocycles. The topological polar surface area (TPSA) is 94.4 Å². The van der Waals surface area contributed by atoms with E-state index in [1.165, 1.54) is 0 Å². The smallest absolute Gasteiger partial charge is 0.336 e. The number of phenols is 1. The highest BCUT2D eigenvalue weighted by Crippen LogP contribution is 2.47. The van der Waals surface area contributed by atoms with Gasteiger partial charge in [-0.3, -0.25) is 9.79 Å². The Labute approximate surface area is 240 Å². The highest BCUT2D eigenvalue weighted by atomic mass is 16.5. The predicted molar refractivity (Wildman–Crippen MR) is 157 cm³/mol. The maximum atomic E-state index is 13.9. The van der Waals surface area contributed by atoms with Gasteiger partial charge in [-0.25, -0.2) is 4.79 Å². The maximum Gasteiger partial charge on any atom is 0.336 e. The van der Waals surface area contributed by atoms with Crippen molar-refractivity contribution >= 4 is 17.5 Å². The van der Waals surface area contributed by atoms with E-state index in [0.717, 1.165) is 22.6 Å². The Balaban J connectivity index is 1.49. The molecule has 0 radical (unpaired) electrons. The summed E-state index contributed by atoms with van der Waals surface area (Å²) in [5, 5.41) is 10.4. The number of rotatable bonds is 9. The number of fused-ring (bicyclic) bond motifs is 1. The van der Waals surface area contributed by atoms with Gasteiger partial charge in [-0.15, -0.1) is 0 Å². The number of aliphatic imine (C=N–C) groups is 1. The van der Waals surface area contributed by atoms with E-state index in [0.29, 0.717) is 48.5 Å². The van der Waals surface area contributed by atoms with Crippen molar-refractivity contribution in [2.45, 2.75) is 44.9 Å². The number of Topliss-reactive ketones (excluding diaryl/α,β-unsaturated/α-hetero) is 1. The van der Waals surface area contributed by atoms with E-state index in [9.17, 15) is 14.7 Å². The molecule has 3 aromatic rings. The molecule has 1 unspecified atom stereocenters. The van der Waals surface area contributed by atoms with E-state index in [1.54, 1.807) is 32.2 Å². The number of phenolic OH excluding ortho intramolecular Hbond substituents is 1. The van der Waals surface area contributed by atoms with Crippen molar-refractivity contribution in [3.8, 4) is 17.2 Å². The molecule has 1 fully saturated rings. The van der Waals surface area contributed by atoms with Crippen LogP contribution in [0.2, 0.25) is 0 Å². The number of allylic oxidation sites excluding steroid dienone is 1. The third-order valence-electron chi connectivity index (χ3n) is 7.87. The first-order valence-corrected chi connectivity index (χ1v) is 14.0. The summed E-state index contributed by atoms with van der Waals surface area (Å²) in [6.07, 6.45) is 1.51. The van der Waals surface area contributed by atoms with Gasteiger partial charge in [0.15, 0.2) is 11.5 Å². The van der Waals surface area contributed by atoms with Crippen LogP contribution in [-0.4, -0.2) is 42.9 Å². The molecule has 41 heavy (non-hydrogen) atoms. The first kappa shape index (κ1) is 28.1. The number of ether oxygens (including phenoxy) is 3. The van der Waals surface area contributed by atoms with Crippen molar-refractivity contribution in [1.29, 1.82) is 0 Å². The Kier molecular flexibility index (Phi) is 8.53. The van der Waals surface area contributed by atoms with Gasteiger partial charge in [0.2, 0.25) is 0 Å². The lowest BCUT2D eigenvalue weighted by atomic mass is 9.66. The highest BCUT2D eigenvalue weighted by molar-refractivity contribution is 6.12. The average molecular weight is 554 g/mol. The molecule has 1 N–H and O–H groups in total. The van der Waals surface area contributed by atoms with E-state index in [4.69, 9.17) is 19.2 Å². The van der Waals surface area contributed by atoms with Gasteiger partial charge in [0.05, 0.1) is 31.8 Å².